The number of sulfone groups is 1. The lowest BCUT2D eigenvalue weighted by Gasteiger charge is -2.02. The number of carbonyl (C=O) groups is 1. The molecule has 0 radical (unpaired) electrons. The van der Waals surface area contributed by atoms with E-state index in [2.05, 4.69) is 0 Å². The molecule has 0 aliphatic carbocycles. The molecule has 0 heterocycles. The smallest absolute Gasteiger partial charge is 0.307 e. The van der Waals surface area contributed by atoms with Crippen molar-refractivity contribution in [2.75, 3.05) is 12.0 Å². The molecule has 0 aliphatic rings. The molecular weight excluding hydrogens is 228 g/mol. The quantitative estimate of drug-likeness (QED) is 0.832. The zero-order chi connectivity index (χ0) is 12.2. The summed E-state index contributed by atoms with van der Waals surface area (Å²) in [6, 6.07) is 6.96. The summed E-state index contributed by atoms with van der Waals surface area (Å²) >= 11 is 0. The summed E-state index contributed by atoms with van der Waals surface area (Å²) in [5, 5.41) is 8.57. The molecule has 0 atom stereocenters. The van der Waals surface area contributed by atoms with Crippen LogP contribution in [-0.2, 0) is 27.5 Å². The summed E-state index contributed by atoms with van der Waals surface area (Å²) in [5.41, 5.74) is 1.62. The van der Waals surface area contributed by atoms with Crippen molar-refractivity contribution in [3.63, 3.8) is 0 Å². The zero-order valence-electron chi connectivity index (χ0n) is 9.01. The maximum atomic E-state index is 10.9. The highest BCUT2D eigenvalue weighted by Crippen LogP contribution is 2.06. The van der Waals surface area contributed by atoms with Crippen LogP contribution in [0.3, 0.4) is 0 Å². The minimum Gasteiger partial charge on any atom is -0.481 e. The lowest BCUT2D eigenvalue weighted by molar-refractivity contribution is -0.136. The number of rotatable bonds is 5. The molecule has 1 aromatic carbocycles. The Morgan fingerprint density at radius 3 is 2.12 bits per heavy atom. The molecule has 0 saturated heterocycles. The van der Waals surface area contributed by atoms with Crippen LogP contribution in [0.4, 0.5) is 0 Å². The van der Waals surface area contributed by atoms with Gasteiger partial charge < -0.3 is 5.11 Å². The Balaban J connectivity index is 2.61. The largest absolute Gasteiger partial charge is 0.481 e. The molecule has 88 valence electrons. The van der Waals surface area contributed by atoms with Crippen LogP contribution in [0.5, 0.6) is 0 Å². The van der Waals surface area contributed by atoms with Crippen molar-refractivity contribution >= 4 is 15.8 Å². The van der Waals surface area contributed by atoms with Gasteiger partial charge in [-0.3, -0.25) is 4.79 Å². The van der Waals surface area contributed by atoms with Gasteiger partial charge in [-0.15, -0.1) is 0 Å². The van der Waals surface area contributed by atoms with Crippen LogP contribution < -0.4 is 0 Å². The minimum atomic E-state index is -2.95. The predicted molar refractivity (Wildman–Crippen MR) is 61.2 cm³/mol. The van der Waals surface area contributed by atoms with E-state index < -0.39 is 15.8 Å². The third-order valence-corrected chi connectivity index (χ3v) is 3.09. The van der Waals surface area contributed by atoms with Crippen molar-refractivity contribution in [3.05, 3.63) is 35.4 Å². The Morgan fingerprint density at radius 2 is 1.69 bits per heavy atom. The highest BCUT2D eigenvalue weighted by atomic mass is 32.2. The number of aryl methyl sites for hydroxylation is 1. The van der Waals surface area contributed by atoms with Gasteiger partial charge in [0, 0.05) is 6.26 Å². The van der Waals surface area contributed by atoms with Crippen LogP contribution >= 0.6 is 0 Å². The fraction of sp³-hybridized carbons (Fsp3) is 0.364. The van der Waals surface area contributed by atoms with E-state index >= 15 is 0 Å². The molecule has 0 aromatic heterocycles. The normalized spacial score (nSPS) is 11.3. The molecule has 1 N–H and O–H groups in total. The van der Waals surface area contributed by atoms with E-state index in [1.54, 1.807) is 24.3 Å². The molecule has 0 aliphatic heterocycles. The van der Waals surface area contributed by atoms with Crippen molar-refractivity contribution in [3.8, 4) is 0 Å². The first-order valence-electron chi connectivity index (χ1n) is 4.84. The number of carboxylic acids is 1. The fourth-order valence-corrected chi connectivity index (χ4v) is 1.91. The Bertz CT molecular complexity index is 459. The molecule has 0 unspecified atom stereocenters. The fourth-order valence-electron chi connectivity index (χ4n) is 1.30. The number of aliphatic carboxylic acids is 1. The van der Waals surface area contributed by atoms with E-state index in [9.17, 15) is 13.2 Å². The standard InChI is InChI=1S/C11H14O4S/c1-16(14,15)7-6-9-2-4-10(5-3-9)8-11(12)13/h2-5H,6-8H2,1H3,(H,12,13). The van der Waals surface area contributed by atoms with Crippen molar-refractivity contribution in [1.82, 2.24) is 0 Å². The van der Waals surface area contributed by atoms with Gasteiger partial charge in [0.1, 0.15) is 9.84 Å². The maximum Gasteiger partial charge on any atom is 0.307 e. The van der Waals surface area contributed by atoms with E-state index in [1.807, 2.05) is 0 Å². The van der Waals surface area contributed by atoms with Crippen LogP contribution in [0.1, 0.15) is 11.1 Å². The summed E-state index contributed by atoms with van der Waals surface area (Å²) < 4.78 is 21.9. The van der Waals surface area contributed by atoms with Gasteiger partial charge in [0.25, 0.3) is 0 Å². The van der Waals surface area contributed by atoms with Crippen LogP contribution in [0.2, 0.25) is 0 Å². The number of carboxylic acid groups (broad SMARTS) is 1. The third kappa shape index (κ3) is 4.93. The molecule has 0 spiro atoms. The number of hydrogen-bond donors (Lipinski definition) is 1. The molecule has 0 fully saturated rings. The maximum absolute atomic E-state index is 10.9. The topological polar surface area (TPSA) is 71.4 Å². The molecule has 5 heteroatoms. The van der Waals surface area contributed by atoms with E-state index in [0.717, 1.165) is 11.1 Å². The SMILES string of the molecule is CS(=O)(=O)CCc1ccc(CC(=O)O)cc1. The predicted octanol–water partition coefficient (Wildman–Crippen LogP) is 0.901. The second-order valence-electron chi connectivity index (χ2n) is 3.77. The highest BCUT2D eigenvalue weighted by Gasteiger charge is 2.04. The van der Waals surface area contributed by atoms with Crippen LogP contribution in [0.25, 0.3) is 0 Å². The van der Waals surface area contributed by atoms with Crippen molar-refractivity contribution < 1.29 is 18.3 Å². The van der Waals surface area contributed by atoms with E-state index in [-0.39, 0.29) is 12.2 Å². The average Bonchev–Trinajstić information content (AvgIpc) is 2.14. The molecule has 1 rings (SSSR count). The zero-order valence-corrected chi connectivity index (χ0v) is 9.83. The highest BCUT2D eigenvalue weighted by molar-refractivity contribution is 7.90. The van der Waals surface area contributed by atoms with Gasteiger partial charge in [0.05, 0.1) is 12.2 Å². The Morgan fingerprint density at radius 1 is 1.19 bits per heavy atom. The van der Waals surface area contributed by atoms with Crippen molar-refractivity contribution in [1.29, 1.82) is 0 Å². The van der Waals surface area contributed by atoms with Gasteiger partial charge in [0.2, 0.25) is 0 Å². The molecule has 1 aromatic rings. The number of benzene rings is 1. The van der Waals surface area contributed by atoms with Gasteiger partial charge in [-0.2, -0.15) is 0 Å². The molecular formula is C11H14O4S. The summed E-state index contributed by atoms with van der Waals surface area (Å²) in [6.45, 7) is 0. The first kappa shape index (κ1) is 12.7. The van der Waals surface area contributed by atoms with Gasteiger partial charge >= 0.3 is 5.97 Å². The van der Waals surface area contributed by atoms with Crippen LogP contribution in [-0.4, -0.2) is 31.5 Å². The molecule has 0 saturated carbocycles. The van der Waals surface area contributed by atoms with E-state index in [1.165, 1.54) is 6.26 Å². The molecule has 0 amide bonds. The van der Waals surface area contributed by atoms with Gasteiger partial charge in [-0.1, -0.05) is 24.3 Å². The molecule has 16 heavy (non-hydrogen) atoms. The summed E-state index contributed by atoms with van der Waals surface area (Å²) in [6.07, 6.45) is 1.66. The molecule has 0 bridgehead atoms. The van der Waals surface area contributed by atoms with Crippen molar-refractivity contribution in [2.24, 2.45) is 0 Å². The lowest BCUT2D eigenvalue weighted by atomic mass is 10.1. The number of hydrogen-bond acceptors (Lipinski definition) is 3. The Hall–Kier alpha value is -1.36. The second-order valence-corrected chi connectivity index (χ2v) is 6.03. The lowest BCUT2D eigenvalue weighted by Crippen LogP contribution is -2.06. The summed E-state index contributed by atoms with van der Waals surface area (Å²) in [4.78, 5) is 10.4. The van der Waals surface area contributed by atoms with E-state index in [0.29, 0.717) is 6.42 Å². The van der Waals surface area contributed by atoms with Crippen LogP contribution in [0.15, 0.2) is 24.3 Å². The second kappa shape index (κ2) is 5.12. The van der Waals surface area contributed by atoms with Gasteiger partial charge in [-0.25, -0.2) is 8.42 Å². The van der Waals surface area contributed by atoms with Crippen LogP contribution in [0, 0.1) is 0 Å². The Kier molecular flexibility index (Phi) is 4.06. The third-order valence-electron chi connectivity index (χ3n) is 2.14. The summed E-state index contributed by atoms with van der Waals surface area (Å²) in [5.74, 6) is -0.755. The average molecular weight is 242 g/mol. The van der Waals surface area contributed by atoms with E-state index in [4.69, 9.17) is 5.11 Å². The first-order chi connectivity index (χ1) is 7.37. The summed E-state index contributed by atoms with van der Waals surface area (Å²) in [7, 11) is -2.95. The Labute approximate surface area is 94.8 Å². The van der Waals surface area contributed by atoms with Gasteiger partial charge in [-0.05, 0) is 17.5 Å². The minimum absolute atomic E-state index is 0.00758. The van der Waals surface area contributed by atoms with Crippen molar-refractivity contribution in [2.45, 2.75) is 12.8 Å². The monoisotopic (exact) mass is 242 g/mol. The van der Waals surface area contributed by atoms with Gasteiger partial charge in [0.15, 0.2) is 0 Å². The first-order valence-corrected chi connectivity index (χ1v) is 6.90. The molecule has 4 nitrogen and oxygen atoms in total.